The van der Waals surface area contributed by atoms with E-state index >= 15 is 0 Å². The van der Waals surface area contributed by atoms with Crippen LogP contribution in [0.25, 0.3) is 0 Å². The summed E-state index contributed by atoms with van der Waals surface area (Å²) in [5.41, 5.74) is 2.60. The molecule has 5 nitrogen and oxygen atoms in total. The van der Waals surface area contributed by atoms with Crippen LogP contribution in [0.3, 0.4) is 0 Å². The van der Waals surface area contributed by atoms with Crippen LogP contribution in [0.15, 0.2) is 47.6 Å². The highest BCUT2D eigenvalue weighted by atomic mass is 32.2. The molecule has 0 spiro atoms. The third kappa shape index (κ3) is 3.00. The van der Waals surface area contributed by atoms with Crippen molar-refractivity contribution >= 4 is 15.7 Å². The third-order valence-electron chi connectivity index (χ3n) is 3.66. The Morgan fingerprint density at radius 1 is 1.10 bits per heavy atom. The van der Waals surface area contributed by atoms with E-state index in [2.05, 4.69) is 4.72 Å². The number of sulfonamides is 1. The Labute approximate surface area is 123 Å². The summed E-state index contributed by atoms with van der Waals surface area (Å²) in [4.78, 5) is 0.240. The lowest BCUT2D eigenvalue weighted by Crippen LogP contribution is -2.25. The van der Waals surface area contributed by atoms with Crippen molar-refractivity contribution in [1.29, 1.82) is 0 Å². The highest BCUT2D eigenvalue weighted by molar-refractivity contribution is 7.92. The number of nitrogens with zero attached hydrogens (tertiary/aromatic N) is 1. The fourth-order valence-electron chi connectivity index (χ4n) is 2.61. The quantitative estimate of drug-likeness (QED) is 0.696. The third-order valence-corrected chi connectivity index (χ3v) is 5.04. The van der Waals surface area contributed by atoms with Crippen molar-refractivity contribution in [3.8, 4) is 0 Å². The summed E-state index contributed by atoms with van der Waals surface area (Å²) in [5, 5.41) is 11.2. The molecule has 1 aromatic heterocycles. The molecular weight excluding hydrogens is 288 g/mol. The van der Waals surface area contributed by atoms with Gasteiger partial charge >= 0.3 is 0 Å². The van der Waals surface area contributed by atoms with Gasteiger partial charge in [-0.25, -0.2) is 8.42 Å². The fourth-order valence-corrected chi connectivity index (χ4v) is 3.70. The lowest BCUT2D eigenvalue weighted by Gasteiger charge is -2.16. The number of anilines is 1. The van der Waals surface area contributed by atoms with E-state index in [9.17, 15) is 13.6 Å². The lowest BCUT2D eigenvalue weighted by molar-refractivity contribution is -0.604. The summed E-state index contributed by atoms with van der Waals surface area (Å²) in [6.45, 7) is 0. The Morgan fingerprint density at radius 2 is 1.86 bits per heavy atom. The van der Waals surface area contributed by atoms with Gasteiger partial charge in [0.25, 0.3) is 10.0 Å². The summed E-state index contributed by atoms with van der Waals surface area (Å²) in [7, 11) is -3.67. The predicted octanol–water partition coefficient (Wildman–Crippen LogP) is 2.00. The maximum absolute atomic E-state index is 12.4. The highest BCUT2D eigenvalue weighted by Crippen LogP contribution is 2.25. The molecule has 1 N–H and O–H groups in total. The zero-order chi connectivity index (χ0) is 14.9. The molecule has 0 unspecified atom stereocenters. The summed E-state index contributed by atoms with van der Waals surface area (Å²) in [6.07, 6.45) is 6.68. The topological polar surface area (TPSA) is 73.1 Å². The summed E-state index contributed by atoms with van der Waals surface area (Å²) < 4.78 is 27.7. The second kappa shape index (κ2) is 5.37. The number of hydrogen-bond acceptors (Lipinski definition) is 3. The molecule has 0 saturated heterocycles. The molecule has 0 saturated carbocycles. The van der Waals surface area contributed by atoms with Crippen molar-refractivity contribution in [3.63, 3.8) is 0 Å². The van der Waals surface area contributed by atoms with Crippen molar-refractivity contribution in [3.05, 3.63) is 59.1 Å². The zero-order valence-electron chi connectivity index (χ0n) is 11.5. The van der Waals surface area contributed by atoms with Crippen LogP contribution in [-0.4, -0.2) is 8.42 Å². The molecule has 0 amide bonds. The molecule has 6 heteroatoms. The van der Waals surface area contributed by atoms with Crippen LogP contribution in [0.5, 0.6) is 0 Å². The van der Waals surface area contributed by atoms with Crippen molar-refractivity contribution < 1.29 is 13.1 Å². The first-order valence-electron chi connectivity index (χ1n) is 6.88. The highest BCUT2D eigenvalue weighted by Gasteiger charge is 2.18. The summed E-state index contributed by atoms with van der Waals surface area (Å²) in [6, 6.07) is 8.30. The van der Waals surface area contributed by atoms with Crippen molar-refractivity contribution in [1.82, 2.24) is 0 Å². The van der Waals surface area contributed by atoms with Gasteiger partial charge in [0.1, 0.15) is 5.69 Å². The largest absolute Gasteiger partial charge is 0.619 e. The molecule has 0 fully saturated rings. The van der Waals surface area contributed by atoms with E-state index in [1.54, 1.807) is 18.2 Å². The molecule has 1 heterocycles. The molecule has 0 aliphatic heterocycles. The Balaban J connectivity index is 1.91. The van der Waals surface area contributed by atoms with Gasteiger partial charge in [-0.15, -0.1) is 0 Å². The van der Waals surface area contributed by atoms with Gasteiger partial charge in [0, 0.05) is 6.07 Å². The molecule has 1 aliphatic rings. The molecule has 0 atom stereocenters. The number of pyridine rings is 1. The first-order chi connectivity index (χ1) is 10.0. The average molecular weight is 304 g/mol. The minimum absolute atomic E-state index is 0.240. The van der Waals surface area contributed by atoms with Gasteiger partial charge < -0.3 is 5.21 Å². The lowest BCUT2D eigenvalue weighted by atomic mass is 9.92. The van der Waals surface area contributed by atoms with Crippen LogP contribution in [0.1, 0.15) is 24.0 Å². The van der Waals surface area contributed by atoms with E-state index in [1.165, 1.54) is 24.0 Å². The summed E-state index contributed by atoms with van der Waals surface area (Å²) in [5.74, 6) is 0. The molecular formula is C15H16N2O3S. The maximum Gasteiger partial charge on any atom is 0.262 e. The Morgan fingerprint density at radius 3 is 2.62 bits per heavy atom. The Bertz CT molecular complexity index is 772. The van der Waals surface area contributed by atoms with Crippen LogP contribution in [0.4, 0.5) is 5.69 Å². The van der Waals surface area contributed by atoms with Crippen molar-refractivity contribution in [2.75, 3.05) is 4.72 Å². The maximum atomic E-state index is 12.4. The van der Waals surface area contributed by atoms with Crippen LogP contribution in [0.2, 0.25) is 0 Å². The van der Waals surface area contributed by atoms with E-state index in [4.69, 9.17) is 0 Å². The Kier molecular flexibility index (Phi) is 3.55. The monoisotopic (exact) mass is 304 g/mol. The van der Waals surface area contributed by atoms with E-state index in [0.717, 1.165) is 31.2 Å². The number of aromatic nitrogens is 1. The SMILES string of the molecule is O=S(=O)(Nc1ccc[n+]([O-])c1)c1ccc2c(c1)CCCC2. The van der Waals surface area contributed by atoms with E-state index in [1.807, 2.05) is 6.07 Å². The molecule has 2 aromatic rings. The number of nitrogens with one attached hydrogen (secondary N) is 1. The number of rotatable bonds is 3. The predicted molar refractivity (Wildman–Crippen MR) is 79.3 cm³/mol. The second-order valence-electron chi connectivity index (χ2n) is 5.20. The standard InChI is InChI=1S/C15H16N2O3S/c18-17-9-3-6-14(11-17)16-21(19,20)15-8-7-12-4-1-2-5-13(12)10-15/h3,6-11,16H,1-2,4-5H2. The molecule has 1 aliphatic carbocycles. The minimum atomic E-state index is -3.67. The fraction of sp³-hybridized carbons (Fsp3) is 0.267. The number of aryl methyl sites for hydroxylation is 2. The molecule has 0 bridgehead atoms. The number of fused-ring (bicyclic) bond motifs is 1. The normalized spacial score (nSPS) is 14.5. The van der Waals surface area contributed by atoms with Gasteiger partial charge in [-0.1, -0.05) is 6.07 Å². The van der Waals surface area contributed by atoms with Crippen molar-refractivity contribution in [2.24, 2.45) is 0 Å². The van der Waals surface area contributed by atoms with Crippen LogP contribution in [0, 0.1) is 5.21 Å². The van der Waals surface area contributed by atoms with Crippen LogP contribution >= 0.6 is 0 Å². The zero-order valence-corrected chi connectivity index (χ0v) is 12.3. The number of benzene rings is 1. The molecule has 1 aromatic carbocycles. The smallest absolute Gasteiger partial charge is 0.262 e. The van der Waals surface area contributed by atoms with E-state index < -0.39 is 10.0 Å². The van der Waals surface area contributed by atoms with E-state index in [-0.39, 0.29) is 10.6 Å². The van der Waals surface area contributed by atoms with Gasteiger partial charge in [-0.05, 0) is 55.0 Å². The first-order valence-corrected chi connectivity index (χ1v) is 8.36. The van der Waals surface area contributed by atoms with Crippen LogP contribution in [-0.2, 0) is 22.9 Å². The number of hydrogen-bond donors (Lipinski definition) is 1. The molecule has 21 heavy (non-hydrogen) atoms. The minimum Gasteiger partial charge on any atom is -0.619 e. The molecule has 0 radical (unpaired) electrons. The van der Waals surface area contributed by atoms with Crippen LogP contribution < -0.4 is 9.45 Å². The Hall–Kier alpha value is -2.08. The molecule has 110 valence electrons. The van der Waals surface area contributed by atoms with Gasteiger partial charge in [-0.2, -0.15) is 4.73 Å². The van der Waals surface area contributed by atoms with Gasteiger partial charge in [-0.3, -0.25) is 4.72 Å². The van der Waals surface area contributed by atoms with Crippen molar-refractivity contribution in [2.45, 2.75) is 30.6 Å². The average Bonchev–Trinajstić information content (AvgIpc) is 2.46. The molecule has 3 rings (SSSR count). The van der Waals surface area contributed by atoms with E-state index in [0.29, 0.717) is 4.73 Å². The summed E-state index contributed by atoms with van der Waals surface area (Å²) >= 11 is 0. The van der Waals surface area contributed by atoms with Gasteiger partial charge in [0.15, 0.2) is 6.20 Å². The first kappa shape index (κ1) is 13.9. The second-order valence-corrected chi connectivity index (χ2v) is 6.88. The van der Waals surface area contributed by atoms with Gasteiger partial charge in [0.05, 0.1) is 4.90 Å². The van der Waals surface area contributed by atoms with Gasteiger partial charge in [0.2, 0.25) is 6.20 Å².